The van der Waals surface area contributed by atoms with Crippen LogP contribution in [0.25, 0.3) is 5.82 Å². The lowest BCUT2D eigenvalue weighted by Crippen LogP contribution is -2.09. The average molecular weight is 467 g/mol. The van der Waals surface area contributed by atoms with E-state index in [1.807, 2.05) is 18.5 Å². The third-order valence-electron chi connectivity index (χ3n) is 4.86. The van der Waals surface area contributed by atoms with Crippen molar-refractivity contribution in [2.24, 2.45) is 0 Å². The normalized spacial score (nSPS) is 11.2. The molecule has 30 heavy (non-hydrogen) atoms. The van der Waals surface area contributed by atoms with Gasteiger partial charge in [-0.1, -0.05) is 61.5 Å². The number of benzene rings is 1. The Balaban J connectivity index is 2.03. The van der Waals surface area contributed by atoms with Gasteiger partial charge in [0.25, 0.3) is 0 Å². The van der Waals surface area contributed by atoms with Crippen molar-refractivity contribution >= 4 is 46.3 Å². The van der Waals surface area contributed by atoms with Crippen molar-refractivity contribution < 1.29 is 0 Å². The minimum absolute atomic E-state index is 0.427. The molecule has 0 unspecified atom stereocenters. The number of hydrogen-bond acceptors (Lipinski definition) is 4. The number of nitrogens with zero attached hydrogens (tertiary/aromatic N) is 4. The standard InChI is InChI=1S/C22H26Cl3N5/c1-5-7-9-19-15(8-6-2)12-30(29-19)22-13(3)21(26-14(4)27-22)28-20-17(24)10-16(23)11-18(20)25/h10-12H,5-9H2,1-4H3,(H,26,27,28). The first-order valence-corrected chi connectivity index (χ1v) is 11.3. The molecule has 0 aliphatic rings. The smallest absolute Gasteiger partial charge is 0.162 e. The first-order chi connectivity index (χ1) is 14.3. The van der Waals surface area contributed by atoms with Crippen LogP contribution in [0.1, 0.15) is 55.8 Å². The highest BCUT2D eigenvalue weighted by molar-refractivity contribution is 6.41. The molecule has 0 aliphatic carbocycles. The molecule has 8 heteroatoms. The van der Waals surface area contributed by atoms with Crippen LogP contribution in [0.5, 0.6) is 0 Å². The van der Waals surface area contributed by atoms with E-state index >= 15 is 0 Å². The molecule has 0 bridgehead atoms. The van der Waals surface area contributed by atoms with Gasteiger partial charge in [0.15, 0.2) is 5.82 Å². The Morgan fingerprint density at radius 1 is 0.967 bits per heavy atom. The molecular weight excluding hydrogens is 441 g/mol. The third-order valence-corrected chi connectivity index (χ3v) is 5.68. The molecule has 160 valence electrons. The van der Waals surface area contributed by atoms with Crippen LogP contribution in [0.3, 0.4) is 0 Å². The van der Waals surface area contributed by atoms with Gasteiger partial charge < -0.3 is 5.32 Å². The van der Waals surface area contributed by atoms with Crippen LogP contribution >= 0.6 is 34.8 Å². The summed E-state index contributed by atoms with van der Waals surface area (Å²) < 4.78 is 1.87. The van der Waals surface area contributed by atoms with Crippen molar-refractivity contribution in [2.45, 2.75) is 59.8 Å². The van der Waals surface area contributed by atoms with Gasteiger partial charge in [-0.2, -0.15) is 5.10 Å². The van der Waals surface area contributed by atoms with Crippen LogP contribution < -0.4 is 5.32 Å². The van der Waals surface area contributed by atoms with E-state index in [4.69, 9.17) is 39.9 Å². The molecule has 1 aromatic carbocycles. The van der Waals surface area contributed by atoms with Crippen LogP contribution in [-0.2, 0) is 12.8 Å². The zero-order valence-corrected chi connectivity index (χ0v) is 20.0. The van der Waals surface area contributed by atoms with Crippen LogP contribution in [0.15, 0.2) is 18.3 Å². The Morgan fingerprint density at radius 2 is 1.67 bits per heavy atom. The van der Waals surface area contributed by atoms with E-state index in [0.29, 0.717) is 32.4 Å². The molecule has 3 rings (SSSR count). The van der Waals surface area contributed by atoms with E-state index in [1.54, 1.807) is 12.1 Å². The summed E-state index contributed by atoms with van der Waals surface area (Å²) in [6.45, 7) is 8.19. The van der Waals surface area contributed by atoms with Gasteiger partial charge in [0.1, 0.15) is 11.6 Å². The molecular formula is C22H26Cl3N5. The molecule has 0 radical (unpaired) electrons. The fraction of sp³-hybridized carbons (Fsp3) is 0.409. The maximum Gasteiger partial charge on any atom is 0.162 e. The molecule has 0 atom stereocenters. The first kappa shape index (κ1) is 22.9. The van der Waals surface area contributed by atoms with Gasteiger partial charge in [0.05, 0.1) is 21.4 Å². The number of hydrogen-bond donors (Lipinski definition) is 1. The Morgan fingerprint density at radius 3 is 2.30 bits per heavy atom. The van der Waals surface area contributed by atoms with Crippen LogP contribution in [0.4, 0.5) is 11.5 Å². The minimum atomic E-state index is 0.427. The molecule has 0 aliphatic heterocycles. The highest BCUT2D eigenvalue weighted by Crippen LogP contribution is 2.36. The maximum atomic E-state index is 6.35. The SMILES string of the molecule is CCCCc1nn(-c2nc(C)nc(Nc3c(Cl)cc(Cl)cc3Cl)c2C)cc1CCC. The monoisotopic (exact) mass is 465 g/mol. The van der Waals surface area contributed by atoms with E-state index in [-0.39, 0.29) is 0 Å². The Hall–Kier alpha value is -1.82. The second-order valence-corrected chi connectivity index (χ2v) is 8.59. The summed E-state index contributed by atoms with van der Waals surface area (Å²) in [5.74, 6) is 2.00. The minimum Gasteiger partial charge on any atom is -0.337 e. The van der Waals surface area contributed by atoms with Gasteiger partial charge >= 0.3 is 0 Å². The lowest BCUT2D eigenvalue weighted by molar-refractivity contribution is 0.736. The van der Waals surface area contributed by atoms with E-state index in [9.17, 15) is 0 Å². The summed E-state index contributed by atoms with van der Waals surface area (Å²) in [4.78, 5) is 9.22. The lowest BCUT2D eigenvalue weighted by Gasteiger charge is -2.15. The number of aromatic nitrogens is 4. The molecule has 0 saturated heterocycles. The van der Waals surface area contributed by atoms with Gasteiger partial charge in [-0.3, -0.25) is 0 Å². The van der Waals surface area contributed by atoms with Crippen molar-refractivity contribution in [3.05, 3.63) is 56.0 Å². The Labute approximate surface area is 192 Å². The largest absolute Gasteiger partial charge is 0.337 e. The van der Waals surface area contributed by atoms with Crippen molar-refractivity contribution in [1.82, 2.24) is 19.7 Å². The van der Waals surface area contributed by atoms with E-state index in [2.05, 4.69) is 35.3 Å². The van der Waals surface area contributed by atoms with Crippen molar-refractivity contribution in [1.29, 1.82) is 0 Å². The Bertz CT molecular complexity index is 1020. The number of anilines is 2. The van der Waals surface area contributed by atoms with Crippen molar-refractivity contribution in [3.63, 3.8) is 0 Å². The topological polar surface area (TPSA) is 55.6 Å². The molecule has 0 amide bonds. The van der Waals surface area contributed by atoms with E-state index in [1.165, 1.54) is 5.56 Å². The fourth-order valence-corrected chi connectivity index (χ4v) is 4.24. The summed E-state index contributed by atoms with van der Waals surface area (Å²) in [6.07, 6.45) is 7.41. The summed E-state index contributed by atoms with van der Waals surface area (Å²) in [5.41, 5.74) is 3.84. The number of halogens is 3. The molecule has 2 heterocycles. The second kappa shape index (κ2) is 9.99. The van der Waals surface area contributed by atoms with Gasteiger partial charge in [-0.05, 0) is 50.8 Å². The highest BCUT2D eigenvalue weighted by atomic mass is 35.5. The molecule has 3 aromatic rings. The Kier molecular flexibility index (Phi) is 7.61. The van der Waals surface area contributed by atoms with Crippen molar-refractivity contribution in [2.75, 3.05) is 5.32 Å². The average Bonchev–Trinajstić information content (AvgIpc) is 3.08. The van der Waals surface area contributed by atoms with Crippen LogP contribution in [0.2, 0.25) is 15.1 Å². The number of aryl methyl sites for hydroxylation is 3. The molecule has 0 spiro atoms. The third kappa shape index (κ3) is 5.08. The van der Waals surface area contributed by atoms with E-state index in [0.717, 1.165) is 49.2 Å². The first-order valence-electron chi connectivity index (χ1n) is 10.2. The maximum absolute atomic E-state index is 6.35. The summed E-state index contributed by atoms with van der Waals surface area (Å²) in [6, 6.07) is 3.29. The number of nitrogens with one attached hydrogen (secondary N) is 1. The van der Waals surface area contributed by atoms with Gasteiger partial charge in [0, 0.05) is 16.8 Å². The second-order valence-electron chi connectivity index (χ2n) is 7.34. The molecule has 5 nitrogen and oxygen atoms in total. The lowest BCUT2D eigenvalue weighted by atomic mass is 10.1. The summed E-state index contributed by atoms with van der Waals surface area (Å²) in [5, 5.41) is 9.45. The highest BCUT2D eigenvalue weighted by Gasteiger charge is 2.17. The molecule has 0 fully saturated rings. The predicted molar refractivity (Wildman–Crippen MR) is 126 cm³/mol. The fourth-order valence-electron chi connectivity index (χ4n) is 3.33. The summed E-state index contributed by atoms with van der Waals surface area (Å²) >= 11 is 18.7. The van der Waals surface area contributed by atoms with Crippen LogP contribution in [-0.4, -0.2) is 19.7 Å². The van der Waals surface area contributed by atoms with Crippen LogP contribution in [0, 0.1) is 13.8 Å². The zero-order chi connectivity index (χ0) is 21.8. The molecule has 1 N–H and O–H groups in total. The molecule has 0 saturated carbocycles. The van der Waals surface area contributed by atoms with Gasteiger partial charge in [-0.15, -0.1) is 0 Å². The quantitative estimate of drug-likeness (QED) is 0.379. The number of rotatable bonds is 8. The van der Waals surface area contributed by atoms with Gasteiger partial charge in [-0.25, -0.2) is 14.6 Å². The van der Waals surface area contributed by atoms with Crippen molar-refractivity contribution in [3.8, 4) is 5.82 Å². The van der Waals surface area contributed by atoms with E-state index < -0.39 is 0 Å². The van der Waals surface area contributed by atoms with Gasteiger partial charge in [0.2, 0.25) is 0 Å². The zero-order valence-electron chi connectivity index (χ0n) is 17.7. The molecule has 2 aromatic heterocycles. The predicted octanol–water partition coefficient (Wildman–Crippen LogP) is 7.28. The number of unbranched alkanes of at least 4 members (excludes halogenated alkanes) is 1. The summed E-state index contributed by atoms with van der Waals surface area (Å²) in [7, 11) is 0.